The highest BCUT2D eigenvalue weighted by atomic mass is 16.3. The molecule has 1 fully saturated rings. The van der Waals surface area contributed by atoms with Gasteiger partial charge in [-0.3, -0.25) is 0 Å². The molecule has 0 bridgehead atoms. The second-order valence-electron chi connectivity index (χ2n) is 6.42. The van der Waals surface area contributed by atoms with E-state index >= 15 is 0 Å². The molecular weight excluding hydrogens is 196 g/mol. The lowest BCUT2D eigenvalue weighted by Gasteiger charge is -2.36. The molecule has 1 unspecified atom stereocenters. The monoisotopic (exact) mass is 226 g/mol. The Hall–Kier alpha value is -0.0400. The molecule has 0 amide bonds. The Labute approximate surface area is 102 Å². The third-order valence-corrected chi connectivity index (χ3v) is 4.28. The molecular formula is C15H30O. The second-order valence-corrected chi connectivity index (χ2v) is 6.42. The average Bonchev–Trinajstić information content (AvgIpc) is 2.24. The minimum Gasteiger partial charge on any atom is -0.393 e. The minimum absolute atomic E-state index is 0.0204. The molecule has 0 radical (unpaired) electrons. The predicted molar refractivity (Wildman–Crippen MR) is 70.5 cm³/mol. The van der Waals surface area contributed by atoms with Gasteiger partial charge < -0.3 is 5.11 Å². The van der Waals surface area contributed by atoms with Crippen LogP contribution in [0.2, 0.25) is 0 Å². The van der Waals surface area contributed by atoms with Crippen molar-refractivity contribution in [3.8, 4) is 0 Å². The fraction of sp³-hybridized carbons (Fsp3) is 1.00. The third-order valence-electron chi connectivity index (χ3n) is 4.28. The molecule has 1 atom stereocenters. The van der Waals surface area contributed by atoms with Gasteiger partial charge in [0, 0.05) is 0 Å². The Morgan fingerprint density at radius 1 is 1.12 bits per heavy atom. The molecule has 1 heteroatoms. The van der Waals surface area contributed by atoms with Crippen molar-refractivity contribution >= 4 is 0 Å². The van der Waals surface area contributed by atoms with Crippen molar-refractivity contribution in [1.82, 2.24) is 0 Å². The molecule has 0 spiro atoms. The molecule has 96 valence electrons. The lowest BCUT2D eigenvalue weighted by Crippen LogP contribution is -2.29. The molecule has 1 saturated carbocycles. The fourth-order valence-electron chi connectivity index (χ4n) is 2.82. The molecule has 1 aliphatic carbocycles. The lowest BCUT2D eigenvalue weighted by atomic mass is 9.71. The van der Waals surface area contributed by atoms with Crippen LogP contribution < -0.4 is 0 Å². The van der Waals surface area contributed by atoms with Gasteiger partial charge in [-0.25, -0.2) is 0 Å². The van der Waals surface area contributed by atoms with Gasteiger partial charge in [0.25, 0.3) is 0 Å². The molecule has 1 nitrogen and oxygen atoms in total. The smallest absolute Gasteiger partial charge is 0.0568 e. The first kappa shape index (κ1) is 14.0. The third kappa shape index (κ3) is 4.86. The van der Waals surface area contributed by atoms with Gasteiger partial charge in [0.15, 0.2) is 0 Å². The van der Waals surface area contributed by atoms with Crippen LogP contribution in [0.15, 0.2) is 0 Å². The van der Waals surface area contributed by atoms with E-state index in [4.69, 9.17) is 0 Å². The number of aliphatic hydroxyl groups excluding tert-OH is 1. The Morgan fingerprint density at radius 2 is 1.75 bits per heavy atom. The van der Waals surface area contributed by atoms with Crippen molar-refractivity contribution in [3.05, 3.63) is 0 Å². The Balaban J connectivity index is 2.15. The predicted octanol–water partition coefficient (Wildman–Crippen LogP) is 4.53. The van der Waals surface area contributed by atoms with Crippen molar-refractivity contribution in [2.45, 2.75) is 84.7 Å². The van der Waals surface area contributed by atoms with Gasteiger partial charge in [-0.1, -0.05) is 46.5 Å². The van der Waals surface area contributed by atoms with Crippen LogP contribution in [0.4, 0.5) is 0 Å². The maximum atomic E-state index is 10.1. The lowest BCUT2D eigenvalue weighted by molar-refractivity contribution is 0.0497. The highest BCUT2D eigenvalue weighted by Gasteiger charge is 2.30. The van der Waals surface area contributed by atoms with Crippen LogP contribution in [-0.4, -0.2) is 11.2 Å². The molecule has 0 aromatic heterocycles. The van der Waals surface area contributed by atoms with Gasteiger partial charge in [0.2, 0.25) is 0 Å². The number of aliphatic hydroxyl groups is 1. The minimum atomic E-state index is -0.0204. The fourth-order valence-corrected chi connectivity index (χ4v) is 2.82. The maximum Gasteiger partial charge on any atom is 0.0568 e. The summed E-state index contributed by atoms with van der Waals surface area (Å²) in [7, 11) is 0. The van der Waals surface area contributed by atoms with Crippen LogP contribution in [0.1, 0.15) is 78.6 Å². The van der Waals surface area contributed by atoms with Crippen LogP contribution in [0.3, 0.4) is 0 Å². The number of unbranched alkanes of at least 4 members (excludes halogenated alkanes) is 3. The van der Waals surface area contributed by atoms with E-state index in [1.54, 1.807) is 0 Å². The molecule has 0 aliphatic heterocycles. The molecule has 0 saturated heterocycles. The van der Waals surface area contributed by atoms with E-state index < -0.39 is 0 Å². The zero-order valence-electron chi connectivity index (χ0n) is 11.5. The van der Waals surface area contributed by atoms with E-state index in [0.29, 0.717) is 11.3 Å². The van der Waals surface area contributed by atoms with Crippen LogP contribution in [0, 0.1) is 11.3 Å². The van der Waals surface area contributed by atoms with Crippen molar-refractivity contribution in [1.29, 1.82) is 0 Å². The van der Waals surface area contributed by atoms with Gasteiger partial charge >= 0.3 is 0 Å². The Kier molecular flexibility index (Phi) is 5.82. The van der Waals surface area contributed by atoms with E-state index in [9.17, 15) is 5.11 Å². The summed E-state index contributed by atoms with van der Waals surface area (Å²) in [4.78, 5) is 0. The van der Waals surface area contributed by atoms with E-state index in [0.717, 1.165) is 6.42 Å². The van der Waals surface area contributed by atoms with E-state index in [1.165, 1.54) is 51.4 Å². The zero-order valence-corrected chi connectivity index (χ0v) is 11.5. The SMILES string of the molecule is CCCCCCC(O)C1CCC(C)(C)CC1. The summed E-state index contributed by atoms with van der Waals surface area (Å²) in [5.41, 5.74) is 0.526. The summed E-state index contributed by atoms with van der Waals surface area (Å²) >= 11 is 0. The molecule has 0 aromatic carbocycles. The van der Waals surface area contributed by atoms with Gasteiger partial charge in [0.1, 0.15) is 0 Å². The quantitative estimate of drug-likeness (QED) is 0.660. The zero-order chi connectivity index (χ0) is 12.0. The summed E-state index contributed by atoms with van der Waals surface area (Å²) in [5.74, 6) is 0.592. The van der Waals surface area contributed by atoms with Crippen molar-refractivity contribution in [2.75, 3.05) is 0 Å². The normalized spacial score (nSPS) is 23.2. The topological polar surface area (TPSA) is 20.2 Å². The van der Waals surface area contributed by atoms with E-state index in [1.807, 2.05) is 0 Å². The molecule has 16 heavy (non-hydrogen) atoms. The van der Waals surface area contributed by atoms with Crippen molar-refractivity contribution in [2.24, 2.45) is 11.3 Å². The number of hydrogen-bond donors (Lipinski definition) is 1. The average molecular weight is 226 g/mol. The highest BCUT2D eigenvalue weighted by molar-refractivity contribution is 4.81. The van der Waals surface area contributed by atoms with Crippen molar-refractivity contribution < 1.29 is 5.11 Å². The summed E-state index contributed by atoms with van der Waals surface area (Å²) in [6, 6.07) is 0. The number of hydrogen-bond acceptors (Lipinski definition) is 1. The first-order valence-electron chi connectivity index (χ1n) is 7.23. The second kappa shape index (κ2) is 6.64. The summed E-state index contributed by atoms with van der Waals surface area (Å²) in [6.07, 6.45) is 11.2. The van der Waals surface area contributed by atoms with Gasteiger partial charge in [-0.2, -0.15) is 0 Å². The van der Waals surface area contributed by atoms with Crippen LogP contribution in [-0.2, 0) is 0 Å². The van der Waals surface area contributed by atoms with Crippen molar-refractivity contribution in [3.63, 3.8) is 0 Å². The van der Waals surface area contributed by atoms with Gasteiger partial charge in [-0.15, -0.1) is 0 Å². The summed E-state index contributed by atoms with van der Waals surface area (Å²) in [5, 5.41) is 10.1. The molecule has 0 aromatic rings. The molecule has 0 heterocycles. The molecule has 1 N–H and O–H groups in total. The molecule has 1 rings (SSSR count). The van der Waals surface area contributed by atoms with E-state index in [-0.39, 0.29) is 6.10 Å². The summed E-state index contributed by atoms with van der Waals surface area (Å²) < 4.78 is 0. The van der Waals surface area contributed by atoms with Gasteiger partial charge in [-0.05, 0) is 43.4 Å². The number of rotatable bonds is 6. The first-order chi connectivity index (χ1) is 7.55. The largest absolute Gasteiger partial charge is 0.393 e. The van der Waals surface area contributed by atoms with Gasteiger partial charge in [0.05, 0.1) is 6.10 Å². The molecule has 1 aliphatic rings. The van der Waals surface area contributed by atoms with Crippen LogP contribution >= 0.6 is 0 Å². The highest BCUT2D eigenvalue weighted by Crippen LogP contribution is 2.39. The maximum absolute atomic E-state index is 10.1. The Morgan fingerprint density at radius 3 is 2.31 bits per heavy atom. The van der Waals surface area contributed by atoms with Crippen LogP contribution in [0.5, 0.6) is 0 Å². The Bertz CT molecular complexity index is 176. The first-order valence-corrected chi connectivity index (χ1v) is 7.23. The standard InChI is InChI=1S/C15H30O/c1-4-5-6-7-8-14(16)13-9-11-15(2,3)12-10-13/h13-14,16H,4-12H2,1-3H3. The van der Waals surface area contributed by atoms with Crippen LogP contribution in [0.25, 0.3) is 0 Å². The summed E-state index contributed by atoms with van der Waals surface area (Å²) in [6.45, 7) is 6.95. The van der Waals surface area contributed by atoms with E-state index in [2.05, 4.69) is 20.8 Å².